The van der Waals surface area contributed by atoms with Crippen LogP contribution in [-0.2, 0) is 9.59 Å². The number of nitrogens with zero attached hydrogens (tertiary/aromatic N) is 3. The summed E-state index contributed by atoms with van der Waals surface area (Å²) in [6.45, 7) is 5.61. The van der Waals surface area contributed by atoms with E-state index in [4.69, 9.17) is 0 Å². The predicted molar refractivity (Wildman–Crippen MR) is 85.5 cm³/mol. The minimum Gasteiger partial charge on any atom is -0.286 e. The number of hydrogen-bond acceptors (Lipinski definition) is 6. The summed E-state index contributed by atoms with van der Waals surface area (Å²) in [7, 11) is 0. The zero-order valence-electron chi connectivity index (χ0n) is 13.9. The number of nitrogens with one attached hydrogen (secondary N) is 2. The molecule has 23 heavy (non-hydrogen) atoms. The van der Waals surface area contributed by atoms with Gasteiger partial charge in [-0.2, -0.15) is 0 Å². The molecule has 0 aliphatic carbocycles. The Morgan fingerprint density at radius 2 is 2.17 bits per heavy atom. The lowest BCUT2D eigenvalue weighted by molar-refractivity contribution is -0.154. The van der Waals surface area contributed by atoms with Crippen LogP contribution in [-0.4, -0.2) is 39.1 Å². The Bertz CT molecular complexity index is 524. The molecule has 0 unspecified atom stereocenters. The van der Waals surface area contributed by atoms with E-state index in [0.29, 0.717) is 29.4 Å². The van der Waals surface area contributed by atoms with E-state index < -0.39 is 5.92 Å². The normalized spacial score (nSPS) is 11.7. The van der Waals surface area contributed by atoms with E-state index in [2.05, 4.69) is 27.7 Å². The van der Waals surface area contributed by atoms with E-state index in [0.717, 1.165) is 25.0 Å². The molecule has 0 bridgehead atoms. The average Bonchev–Trinajstić information content (AvgIpc) is 2.54. The van der Waals surface area contributed by atoms with Crippen molar-refractivity contribution in [1.29, 1.82) is 0 Å². The van der Waals surface area contributed by atoms with Crippen molar-refractivity contribution < 1.29 is 14.8 Å². The largest absolute Gasteiger partial charge is 0.286 e. The fourth-order valence-electron chi connectivity index (χ4n) is 2.09. The summed E-state index contributed by atoms with van der Waals surface area (Å²) in [5.41, 5.74) is 6.73. The lowest BCUT2D eigenvalue weighted by Crippen LogP contribution is -2.40. The molecule has 0 fully saturated rings. The van der Waals surface area contributed by atoms with Gasteiger partial charge in [0.1, 0.15) is 0 Å². The molecular weight excluding hydrogens is 298 g/mol. The maximum absolute atomic E-state index is 12.3. The number of carbonyl (C=O) groups is 2. The van der Waals surface area contributed by atoms with Crippen LogP contribution in [0.25, 0.3) is 0 Å². The van der Waals surface area contributed by atoms with Crippen LogP contribution in [0.5, 0.6) is 0 Å². The highest BCUT2D eigenvalue weighted by atomic mass is 16.5. The van der Waals surface area contributed by atoms with Gasteiger partial charge in [-0.1, -0.05) is 26.2 Å². The third-order valence-corrected chi connectivity index (χ3v) is 3.44. The fourth-order valence-corrected chi connectivity index (χ4v) is 2.09. The molecule has 1 rings (SSSR count). The molecule has 0 radical (unpaired) electrons. The summed E-state index contributed by atoms with van der Waals surface area (Å²) < 4.78 is 0. The predicted octanol–water partition coefficient (Wildman–Crippen LogP) is 1.58. The average molecular weight is 323 g/mol. The summed E-state index contributed by atoms with van der Waals surface area (Å²) >= 11 is 0. The molecule has 8 heteroatoms. The van der Waals surface area contributed by atoms with Crippen LogP contribution in [0.3, 0.4) is 0 Å². The molecule has 3 N–H and O–H groups in total. The lowest BCUT2D eigenvalue weighted by Gasteiger charge is -2.20. The van der Waals surface area contributed by atoms with Gasteiger partial charge in [0.25, 0.3) is 0 Å². The second-order valence-electron chi connectivity index (χ2n) is 5.48. The maximum atomic E-state index is 12.3. The number of carbonyl (C=O) groups excluding carboxylic acids is 2. The number of aryl methyl sites for hydroxylation is 2. The van der Waals surface area contributed by atoms with Gasteiger partial charge in [0.15, 0.2) is 5.82 Å². The van der Waals surface area contributed by atoms with Crippen molar-refractivity contribution in [3.05, 3.63) is 17.6 Å². The van der Waals surface area contributed by atoms with Crippen molar-refractivity contribution >= 4 is 18.1 Å². The minimum absolute atomic E-state index is 0.0425. The molecule has 0 saturated heterocycles. The van der Waals surface area contributed by atoms with Gasteiger partial charge in [0.2, 0.25) is 12.3 Å². The highest BCUT2D eigenvalue weighted by Gasteiger charge is 2.20. The van der Waals surface area contributed by atoms with Crippen LogP contribution in [0.15, 0.2) is 6.20 Å². The van der Waals surface area contributed by atoms with Crippen LogP contribution >= 0.6 is 0 Å². The topological polar surface area (TPSA) is 107 Å². The van der Waals surface area contributed by atoms with E-state index in [1.165, 1.54) is 0 Å². The van der Waals surface area contributed by atoms with E-state index in [1.54, 1.807) is 20.0 Å². The number of rotatable bonds is 10. The number of anilines is 1. The summed E-state index contributed by atoms with van der Waals surface area (Å²) in [5, 5.41) is 9.84. The van der Waals surface area contributed by atoms with Crippen LogP contribution in [0.4, 0.5) is 5.82 Å². The van der Waals surface area contributed by atoms with Crippen LogP contribution in [0.2, 0.25) is 0 Å². The van der Waals surface area contributed by atoms with Crippen LogP contribution < -0.4 is 10.9 Å². The Labute approximate surface area is 136 Å². The first-order valence-corrected chi connectivity index (χ1v) is 7.74. The van der Waals surface area contributed by atoms with Gasteiger partial charge in [0.05, 0.1) is 23.9 Å². The second kappa shape index (κ2) is 9.73. The van der Waals surface area contributed by atoms with Crippen molar-refractivity contribution in [3.8, 4) is 0 Å². The Hall–Kier alpha value is -2.22. The lowest BCUT2D eigenvalue weighted by atomic mass is 10.0. The number of amides is 2. The highest BCUT2D eigenvalue weighted by Crippen LogP contribution is 2.12. The van der Waals surface area contributed by atoms with Gasteiger partial charge in [0, 0.05) is 6.20 Å². The van der Waals surface area contributed by atoms with Gasteiger partial charge < -0.3 is 0 Å². The first kappa shape index (κ1) is 18.8. The van der Waals surface area contributed by atoms with Crippen molar-refractivity contribution in [1.82, 2.24) is 20.5 Å². The third kappa shape index (κ3) is 6.60. The Balaban J connectivity index is 2.64. The summed E-state index contributed by atoms with van der Waals surface area (Å²) in [4.78, 5) is 31.3. The number of unbranched alkanes of at least 4 members (excludes halogenated alkanes) is 2. The molecular formula is C15H25N5O3. The van der Waals surface area contributed by atoms with E-state index in [1.807, 2.05) is 0 Å². The summed E-state index contributed by atoms with van der Waals surface area (Å²) in [6, 6.07) is 0. The first-order valence-electron chi connectivity index (χ1n) is 7.74. The Morgan fingerprint density at radius 3 is 2.83 bits per heavy atom. The summed E-state index contributed by atoms with van der Waals surface area (Å²) in [5.74, 6) is -0.325. The maximum Gasteiger partial charge on any atom is 0.243 e. The number of hydrazine groups is 1. The van der Waals surface area contributed by atoms with E-state index >= 15 is 0 Å². The Morgan fingerprint density at radius 1 is 1.43 bits per heavy atom. The molecule has 1 aromatic heterocycles. The van der Waals surface area contributed by atoms with Crippen molar-refractivity contribution in [3.63, 3.8) is 0 Å². The molecule has 0 saturated carbocycles. The molecule has 1 aromatic rings. The van der Waals surface area contributed by atoms with Crippen molar-refractivity contribution in [2.24, 2.45) is 5.92 Å². The minimum atomic E-state index is -0.498. The van der Waals surface area contributed by atoms with Crippen molar-refractivity contribution in [2.75, 3.05) is 12.0 Å². The third-order valence-electron chi connectivity index (χ3n) is 3.44. The Kier molecular flexibility index (Phi) is 7.96. The van der Waals surface area contributed by atoms with Gasteiger partial charge in [-0.3, -0.25) is 30.6 Å². The van der Waals surface area contributed by atoms with Crippen LogP contribution in [0.1, 0.15) is 44.0 Å². The molecule has 1 atom stereocenters. The molecule has 0 spiro atoms. The quantitative estimate of drug-likeness (QED) is 0.261. The van der Waals surface area contributed by atoms with Gasteiger partial charge in [-0.25, -0.2) is 10.0 Å². The monoisotopic (exact) mass is 323 g/mol. The number of hydroxylamine groups is 2. The second-order valence-corrected chi connectivity index (χ2v) is 5.48. The number of hydrogen-bond donors (Lipinski definition) is 3. The molecule has 8 nitrogen and oxygen atoms in total. The molecule has 0 aromatic carbocycles. The van der Waals surface area contributed by atoms with Crippen molar-refractivity contribution in [2.45, 2.75) is 46.5 Å². The smallest absolute Gasteiger partial charge is 0.243 e. The first-order chi connectivity index (χ1) is 11.0. The molecule has 0 aliphatic rings. The highest BCUT2D eigenvalue weighted by molar-refractivity contribution is 5.80. The molecule has 1 heterocycles. The zero-order valence-corrected chi connectivity index (χ0v) is 13.9. The van der Waals surface area contributed by atoms with Gasteiger partial charge >= 0.3 is 0 Å². The standard InChI is InChI=1S/C15H25N5O3/c1-4-5-6-7-13(9-20(23)10-21)15(22)19-18-14-12(3)16-8-11(2)17-14/h8,10,13,23H,4-7,9H2,1-3H3,(H,17,18)(H,19,22)/t13-/m1/s1. The van der Waals surface area contributed by atoms with Crippen LogP contribution in [0, 0.1) is 19.8 Å². The summed E-state index contributed by atoms with van der Waals surface area (Å²) in [6.07, 6.45) is 5.40. The zero-order chi connectivity index (χ0) is 17.2. The molecule has 2 amide bonds. The molecule has 0 aliphatic heterocycles. The van der Waals surface area contributed by atoms with E-state index in [9.17, 15) is 14.8 Å². The van der Waals surface area contributed by atoms with Gasteiger partial charge in [-0.15, -0.1) is 0 Å². The molecule has 128 valence electrons. The SMILES string of the molecule is CCCCC[C@H](CN(O)C=O)C(=O)NNc1nc(C)cnc1C. The number of aromatic nitrogens is 2. The van der Waals surface area contributed by atoms with Gasteiger partial charge in [-0.05, 0) is 20.3 Å². The van der Waals surface area contributed by atoms with E-state index in [-0.39, 0.29) is 12.5 Å². The fraction of sp³-hybridized carbons (Fsp3) is 0.600.